The highest BCUT2D eigenvalue weighted by atomic mass is 127. The van der Waals surface area contributed by atoms with E-state index in [1.165, 1.54) is 0 Å². The van der Waals surface area contributed by atoms with Gasteiger partial charge in [-0.15, -0.1) is 0 Å². The zero-order valence-electron chi connectivity index (χ0n) is 16.2. The molecule has 2 aromatic rings. The van der Waals surface area contributed by atoms with Gasteiger partial charge in [0.25, 0.3) is 0 Å². The predicted molar refractivity (Wildman–Crippen MR) is 119 cm³/mol. The number of benzene rings is 2. The van der Waals surface area contributed by atoms with Gasteiger partial charge in [0, 0.05) is 16.5 Å². The Kier molecular flexibility index (Phi) is 9.55. The van der Waals surface area contributed by atoms with Crippen LogP contribution in [0, 0.1) is 3.57 Å². The van der Waals surface area contributed by atoms with Gasteiger partial charge >= 0.3 is 6.09 Å². The molecule has 3 amide bonds. The van der Waals surface area contributed by atoms with Crippen molar-refractivity contribution in [2.75, 3.05) is 6.54 Å². The van der Waals surface area contributed by atoms with E-state index in [9.17, 15) is 19.5 Å². The second-order valence-electron chi connectivity index (χ2n) is 6.62. The van der Waals surface area contributed by atoms with Crippen LogP contribution in [0.3, 0.4) is 0 Å². The number of nitrogens with two attached hydrogens (primary N) is 1. The number of aliphatic hydroxyl groups excluding tert-OH is 1. The molecule has 0 fully saturated rings. The van der Waals surface area contributed by atoms with E-state index >= 15 is 0 Å². The van der Waals surface area contributed by atoms with Crippen molar-refractivity contribution in [1.82, 2.24) is 10.6 Å². The Morgan fingerprint density at radius 1 is 1.07 bits per heavy atom. The van der Waals surface area contributed by atoms with Crippen molar-refractivity contribution in [3.8, 4) is 0 Å². The van der Waals surface area contributed by atoms with Crippen LogP contribution in [-0.4, -0.2) is 41.7 Å². The van der Waals surface area contributed by atoms with Gasteiger partial charge in [-0.2, -0.15) is 0 Å². The van der Waals surface area contributed by atoms with E-state index in [2.05, 4.69) is 33.2 Å². The molecule has 2 atom stereocenters. The molecule has 9 heteroatoms. The van der Waals surface area contributed by atoms with Crippen molar-refractivity contribution in [2.24, 2.45) is 5.73 Å². The molecule has 0 aliphatic heterocycles. The Morgan fingerprint density at radius 3 is 2.40 bits per heavy atom. The molecule has 0 aromatic heterocycles. The molecule has 0 aliphatic carbocycles. The number of rotatable bonds is 10. The number of amides is 3. The molecule has 0 saturated heterocycles. The van der Waals surface area contributed by atoms with Crippen LogP contribution in [0.5, 0.6) is 0 Å². The molecule has 8 nitrogen and oxygen atoms in total. The van der Waals surface area contributed by atoms with Crippen molar-refractivity contribution in [3.05, 3.63) is 69.3 Å². The fourth-order valence-corrected chi connectivity index (χ4v) is 3.23. The number of alkyl carbamates (subject to hydrolysis) is 1. The molecule has 0 unspecified atom stereocenters. The summed E-state index contributed by atoms with van der Waals surface area (Å²) in [4.78, 5) is 35.6. The van der Waals surface area contributed by atoms with Crippen LogP contribution in [-0.2, 0) is 27.4 Å². The first-order chi connectivity index (χ1) is 14.3. The smallest absolute Gasteiger partial charge is 0.407 e. The molecule has 0 saturated carbocycles. The molecule has 30 heavy (non-hydrogen) atoms. The predicted octanol–water partition coefficient (Wildman–Crippen LogP) is 1.48. The second kappa shape index (κ2) is 12.1. The number of primary amides is 1. The first kappa shape index (κ1) is 23.6. The average molecular weight is 525 g/mol. The van der Waals surface area contributed by atoms with Crippen LogP contribution in [0.1, 0.15) is 17.5 Å². The number of nitrogens with one attached hydrogen (secondary N) is 2. The maximum Gasteiger partial charge on any atom is 0.407 e. The third kappa shape index (κ3) is 8.37. The van der Waals surface area contributed by atoms with Crippen molar-refractivity contribution < 1.29 is 24.2 Å². The quantitative estimate of drug-likeness (QED) is 0.349. The minimum Gasteiger partial charge on any atom is -0.445 e. The maximum absolute atomic E-state index is 12.2. The summed E-state index contributed by atoms with van der Waals surface area (Å²) in [7, 11) is 0. The van der Waals surface area contributed by atoms with Gasteiger partial charge in [0.2, 0.25) is 11.8 Å². The summed E-state index contributed by atoms with van der Waals surface area (Å²) in [5.74, 6) is -1.21. The van der Waals surface area contributed by atoms with E-state index in [1.807, 2.05) is 54.6 Å². The second-order valence-corrected chi connectivity index (χ2v) is 7.78. The summed E-state index contributed by atoms with van der Waals surface area (Å²) in [6.07, 6.45) is -1.89. The number of halogens is 1. The van der Waals surface area contributed by atoms with Crippen molar-refractivity contribution in [2.45, 2.75) is 31.6 Å². The lowest BCUT2D eigenvalue weighted by molar-refractivity contribution is -0.128. The first-order valence-electron chi connectivity index (χ1n) is 9.30. The zero-order chi connectivity index (χ0) is 21.9. The Balaban J connectivity index is 1.74. The zero-order valence-corrected chi connectivity index (χ0v) is 18.4. The van der Waals surface area contributed by atoms with Gasteiger partial charge in [-0.05, 0) is 39.8 Å². The Labute approximate surface area is 188 Å². The van der Waals surface area contributed by atoms with Gasteiger partial charge in [-0.3, -0.25) is 9.59 Å². The summed E-state index contributed by atoms with van der Waals surface area (Å²) < 4.78 is 5.99. The SMILES string of the molecule is NC(=O)[C@H](Cc1ccccc1I)NC(=O)C[C@H](O)CNC(=O)OCc1ccccc1. The standard InChI is InChI=1S/C21H24IN3O5/c22-17-9-5-4-8-15(17)10-18(20(23)28)25-19(27)11-16(26)12-24-21(29)30-13-14-6-2-1-3-7-14/h1-9,16,18,26H,10-13H2,(H2,23,28)(H,24,29)(H,25,27)/t16-,18-/m0/s1. The van der Waals surface area contributed by atoms with E-state index < -0.39 is 30.1 Å². The lowest BCUT2D eigenvalue weighted by atomic mass is 10.1. The highest BCUT2D eigenvalue weighted by molar-refractivity contribution is 14.1. The van der Waals surface area contributed by atoms with Crippen LogP contribution >= 0.6 is 22.6 Å². The minimum atomic E-state index is -1.14. The van der Waals surface area contributed by atoms with E-state index in [0.29, 0.717) is 0 Å². The maximum atomic E-state index is 12.2. The lowest BCUT2D eigenvalue weighted by Gasteiger charge is -2.18. The highest BCUT2D eigenvalue weighted by Gasteiger charge is 2.21. The topological polar surface area (TPSA) is 131 Å². The minimum absolute atomic E-state index is 0.0990. The third-order valence-electron chi connectivity index (χ3n) is 4.18. The van der Waals surface area contributed by atoms with Gasteiger partial charge in [0.05, 0.1) is 12.5 Å². The molecule has 2 rings (SSSR count). The van der Waals surface area contributed by atoms with Crippen molar-refractivity contribution >= 4 is 40.5 Å². The molecule has 0 heterocycles. The van der Waals surface area contributed by atoms with Crippen LogP contribution < -0.4 is 16.4 Å². The lowest BCUT2D eigenvalue weighted by Crippen LogP contribution is -2.47. The number of carbonyl (C=O) groups excluding carboxylic acids is 3. The fraction of sp³-hybridized carbons (Fsp3) is 0.286. The molecule has 5 N–H and O–H groups in total. The molecular weight excluding hydrogens is 501 g/mol. The van der Waals surface area contributed by atoms with Gasteiger partial charge < -0.3 is 26.2 Å². The van der Waals surface area contributed by atoms with E-state index in [1.54, 1.807) is 0 Å². The molecule has 160 valence electrons. The Morgan fingerprint density at radius 2 is 1.73 bits per heavy atom. The fourth-order valence-electron chi connectivity index (χ4n) is 2.62. The highest BCUT2D eigenvalue weighted by Crippen LogP contribution is 2.13. The first-order valence-corrected chi connectivity index (χ1v) is 10.4. The summed E-state index contributed by atoms with van der Waals surface area (Å²) in [6, 6.07) is 15.7. The summed E-state index contributed by atoms with van der Waals surface area (Å²) in [6.45, 7) is -0.0688. The molecule has 2 aromatic carbocycles. The normalized spacial score (nSPS) is 12.5. The number of aliphatic hydroxyl groups is 1. The summed E-state index contributed by atoms with van der Waals surface area (Å²) >= 11 is 2.14. The van der Waals surface area contributed by atoms with Gasteiger partial charge in [-0.25, -0.2) is 4.79 Å². The van der Waals surface area contributed by atoms with Crippen LogP contribution in [0.4, 0.5) is 4.79 Å². The monoisotopic (exact) mass is 525 g/mol. The molecule has 0 radical (unpaired) electrons. The van der Waals surface area contributed by atoms with Gasteiger partial charge in [-0.1, -0.05) is 48.5 Å². The summed E-state index contributed by atoms with van der Waals surface area (Å²) in [5, 5.41) is 14.9. The van der Waals surface area contributed by atoms with Gasteiger partial charge in [0.15, 0.2) is 0 Å². The number of hydrogen-bond acceptors (Lipinski definition) is 5. The number of ether oxygens (including phenoxy) is 1. The largest absolute Gasteiger partial charge is 0.445 e. The van der Waals surface area contributed by atoms with E-state index in [0.717, 1.165) is 14.7 Å². The van der Waals surface area contributed by atoms with Crippen LogP contribution in [0.25, 0.3) is 0 Å². The van der Waals surface area contributed by atoms with Crippen molar-refractivity contribution in [3.63, 3.8) is 0 Å². The number of carbonyl (C=O) groups is 3. The Hall–Kier alpha value is -2.66. The Bertz CT molecular complexity index is 863. The van der Waals surface area contributed by atoms with Crippen LogP contribution in [0.2, 0.25) is 0 Å². The molecule has 0 bridgehead atoms. The van der Waals surface area contributed by atoms with Crippen LogP contribution in [0.15, 0.2) is 54.6 Å². The number of hydrogen-bond donors (Lipinski definition) is 4. The van der Waals surface area contributed by atoms with Crippen molar-refractivity contribution in [1.29, 1.82) is 0 Å². The van der Waals surface area contributed by atoms with E-state index in [4.69, 9.17) is 10.5 Å². The molecule has 0 spiro atoms. The van der Waals surface area contributed by atoms with E-state index in [-0.39, 0.29) is 26.0 Å². The van der Waals surface area contributed by atoms with Gasteiger partial charge in [0.1, 0.15) is 12.6 Å². The average Bonchev–Trinajstić information content (AvgIpc) is 2.72. The molecule has 0 aliphatic rings. The third-order valence-corrected chi connectivity index (χ3v) is 5.23. The summed E-state index contributed by atoms with van der Waals surface area (Å²) in [5.41, 5.74) is 7.11. The molecular formula is C21H24IN3O5.